The molecule has 0 atom stereocenters. The Morgan fingerprint density at radius 1 is 1.16 bits per heavy atom. The summed E-state index contributed by atoms with van der Waals surface area (Å²) in [6, 6.07) is 19.3. The van der Waals surface area contributed by atoms with E-state index in [1.807, 2.05) is 60.7 Å². The third-order valence-corrected chi connectivity index (χ3v) is 4.52. The van der Waals surface area contributed by atoms with Crippen LogP contribution in [0.4, 0.5) is 5.69 Å². The third kappa shape index (κ3) is 6.18. The van der Waals surface area contributed by atoms with Crippen LogP contribution in [0, 0.1) is 11.3 Å². The summed E-state index contributed by atoms with van der Waals surface area (Å²) in [5.41, 5.74) is 0.692. The monoisotopic (exact) mass is 371 g/mol. The van der Waals surface area contributed by atoms with E-state index in [1.165, 1.54) is 6.20 Å². The molecule has 2 rings (SSSR count). The third-order valence-electron chi connectivity index (χ3n) is 3.17. The van der Waals surface area contributed by atoms with E-state index in [0.29, 0.717) is 18.1 Å². The Kier molecular flexibility index (Phi) is 7.90. The lowest BCUT2D eigenvalue weighted by molar-refractivity contribution is -0.112. The molecule has 0 fully saturated rings. The number of alkyl halides is 1. The summed E-state index contributed by atoms with van der Waals surface area (Å²) in [7, 11) is 0. The molecular weight excluding hydrogens is 354 g/mol. The maximum absolute atomic E-state index is 12.3. The van der Waals surface area contributed by atoms with Crippen molar-refractivity contribution in [1.82, 2.24) is 5.32 Å². The van der Waals surface area contributed by atoms with Crippen LogP contribution in [-0.4, -0.2) is 18.3 Å². The zero-order valence-electron chi connectivity index (χ0n) is 13.5. The van der Waals surface area contributed by atoms with Gasteiger partial charge in [-0.25, -0.2) is 0 Å². The molecule has 1 amide bonds. The molecule has 6 heteroatoms. The Morgan fingerprint density at radius 2 is 1.88 bits per heavy atom. The number of hydrogen-bond acceptors (Lipinski definition) is 4. The molecule has 4 nitrogen and oxygen atoms in total. The van der Waals surface area contributed by atoms with Crippen LogP contribution in [0.1, 0.15) is 6.42 Å². The molecule has 0 aliphatic heterocycles. The lowest BCUT2D eigenvalue weighted by Crippen LogP contribution is -2.17. The lowest BCUT2D eigenvalue weighted by Gasteiger charge is -2.10. The van der Waals surface area contributed by atoms with E-state index < -0.39 is 5.91 Å². The molecule has 0 bridgehead atoms. The topological polar surface area (TPSA) is 64.9 Å². The van der Waals surface area contributed by atoms with Crippen LogP contribution in [0.15, 0.2) is 76.2 Å². The van der Waals surface area contributed by atoms with Gasteiger partial charge in [-0.3, -0.25) is 4.79 Å². The van der Waals surface area contributed by atoms with Gasteiger partial charge in [-0.2, -0.15) is 5.26 Å². The van der Waals surface area contributed by atoms with Gasteiger partial charge in [0, 0.05) is 28.4 Å². The number of nitrogens with zero attached hydrogens (tertiary/aromatic N) is 1. The first-order valence-corrected chi connectivity index (χ1v) is 9.12. The van der Waals surface area contributed by atoms with Gasteiger partial charge in [0.15, 0.2) is 0 Å². The molecule has 0 unspecified atom stereocenters. The molecule has 0 spiro atoms. The molecule has 25 heavy (non-hydrogen) atoms. The van der Waals surface area contributed by atoms with Crippen LogP contribution in [0.25, 0.3) is 0 Å². The summed E-state index contributed by atoms with van der Waals surface area (Å²) in [6.45, 7) is 0.613. The molecular formula is C19H18ClN3OS. The number of benzene rings is 2. The number of para-hydroxylation sites is 1. The van der Waals surface area contributed by atoms with Gasteiger partial charge < -0.3 is 10.6 Å². The van der Waals surface area contributed by atoms with Gasteiger partial charge in [0.2, 0.25) is 0 Å². The van der Waals surface area contributed by atoms with Crippen molar-refractivity contribution in [2.75, 3.05) is 17.7 Å². The predicted octanol–water partition coefficient (Wildman–Crippen LogP) is 4.40. The maximum atomic E-state index is 12.3. The molecule has 0 aliphatic carbocycles. The largest absolute Gasteiger partial charge is 0.390 e. The van der Waals surface area contributed by atoms with Crippen LogP contribution in [0.3, 0.4) is 0 Å². The van der Waals surface area contributed by atoms with Crippen LogP contribution >= 0.6 is 23.4 Å². The van der Waals surface area contributed by atoms with Crippen molar-refractivity contribution >= 4 is 35.0 Å². The van der Waals surface area contributed by atoms with Gasteiger partial charge in [0.1, 0.15) is 11.6 Å². The average molecular weight is 372 g/mol. The molecule has 0 aromatic heterocycles. The Balaban J connectivity index is 2.09. The number of carbonyl (C=O) groups excluding carboxylic acids is 1. The van der Waals surface area contributed by atoms with E-state index in [-0.39, 0.29) is 5.57 Å². The molecule has 2 aromatic carbocycles. The quantitative estimate of drug-likeness (QED) is 0.312. The zero-order chi connectivity index (χ0) is 17.9. The maximum Gasteiger partial charge on any atom is 0.267 e. The van der Waals surface area contributed by atoms with Crippen LogP contribution in [0.5, 0.6) is 0 Å². The number of carbonyl (C=O) groups is 1. The van der Waals surface area contributed by atoms with E-state index in [9.17, 15) is 10.1 Å². The summed E-state index contributed by atoms with van der Waals surface area (Å²) in [6.07, 6.45) is 2.18. The first-order chi connectivity index (χ1) is 12.2. The molecule has 2 aromatic rings. The molecule has 0 saturated heterocycles. The Bertz CT molecular complexity index is 772. The normalized spacial score (nSPS) is 10.8. The highest BCUT2D eigenvalue weighted by molar-refractivity contribution is 7.99. The summed E-state index contributed by atoms with van der Waals surface area (Å²) < 4.78 is 0. The number of rotatable bonds is 8. The second kappa shape index (κ2) is 10.4. The summed E-state index contributed by atoms with van der Waals surface area (Å²) in [4.78, 5) is 14.3. The van der Waals surface area contributed by atoms with Gasteiger partial charge in [0.05, 0.1) is 5.69 Å². The second-order valence-corrected chi connectivity index (χ2v) is 6.53. The second-order valence-electron chi connectivity index (χ2n) is 5.03. The summed E-state index contributed by atoms with van der Waals surface area (Å²) >= 11 is 7.15. The smallest absolute Gasteiger partial charge is 0.267 e. The van der Waals surface area contributed by atoms with Gasteiger partial charge in [-0.1, -0.05) is 42.1 Å². The van der Waals surface area contributed by atoms with Gasteiger partial charge in [-0.05, 0) is 30.7 Å². The fourth-order valence-corrected chi connectivity index (χ4v) is 3.01. The van der Waals surface area contributed by atoms with E-state index in [2.05, 4.69) is 10.6 Å². The van der Waals surface area contributed by atoms with Gasteiger partial charge in [0.25, 0.3) is 5.91 Å². The lowest BCUT2D eigenvalue weighted by atomic mass is 10.2. The van der Waals surface area contributed by atoms with Crippen molar-refractivity contribution in [3.8, 4) is 6.07 Å². The minimum Gasteiger partial charge on any atom is -0.390 e. The number of hydrogen-bond donors (Lipinski definition) is 2. The number of nitriles is 1. The number of nitrogens with one attached hydrogen (secondary N) is 2. The van der Waals surface area contributed by atoms with Crippen molar-refractivity contribution in [2.24, 2.45) is 0 Å². The Labute approximate surface area is 156 Å². The van der Waals surface area contributed by atoms with Crippen molar-refractivity contribution in [3.63, 3.8) is 0 Å². The molecule has 0 saturated carbocycles. The van der Waals surface area contributed by atoms with Crippen molar-refractivity contribution in [3.05, 3.63) is 66.4 Å². The molecule has 0 aliphatic rings. The first-order valence-electron chi connectivity index (χ1n) is 7.77. The highest BCUT2D eigenvalue weighted by atomic mass is 35.5. The number of anilines is 1. The Hall–Kier alpha value is -2.42. The van der Waals surface area contributed by atoms with E-state index >= 15 is 0 Å². The fourth-order valence-electron chi connectivity index (χ4n) is 1.96. The van der Waals surface area contributed by atoms with Crippen molar-refractivity contribution < 1.29 is 4.79 Å². The first kappa shape index (κ1) is 18.9. The highest BCUT2D eigenvalue weighted by Gasteiger charge is 2.12. The van der Waals surface area contributed by atoms with E-state index in [4.69, 9.17) is 11.6 Å². The fraction of sp³-hybridized carbons (Fsp3) is 0.158. The molecule has 0 radical (unpaired) electrons. The molecule has 128 valence electrons. The molecule has 0 heterocycles. The number of amides is 1. The van der Waals surface area contributed by atoms with E-state index in [0.717, 1.165) is 16.2 Å². The minimum absolute atomic E-state index is 0.0223. The number of halogens is 1. The summed E-state index contributed by atoms with van der Waals surface area (Å²) in [5.74, 6) is 0.0842. The van der Waals surface area contributed by atoms with Crippen molar-refractivity contribution in [1.29, 1.82) is 5.26 Å². The minimum atomic E-state index is -0.443. The van der Waals surface area contributed by atoms with Gasteiger partial charge in [-0.15, -0.1) is 11.6 Å². The average Bonchev–Trinajstić information content (AvgIpc) is 2.64. The van der Waals surface area contributed by atoms with Gasteiger partial charge >= 0.3 is 0 Å². The Morgan fingerprint density at radius 3 is 2.60 bits per heavy atom. The zero-order valence-corrected chi connectivity index (χ0v) is 15.1. The van der Waals surface area contributed by atoms with E-state index in [1.54, 1.807) is 11.8 Å². The summed E-state index contributed by atoms with van der Waals surface area (Å²) in [5, 5.41) is 14.9. The highest BCUT2D eigenvalue weighted by Crippen LogP contribution is 2.33. The standard InChI is InChI=1S/C19H18ClN3OS/c20-11-6-12-22-14-15(13-21)19(24)23-17-9-4-5-10-18(17)25-16-7-2-1-3-8-16/h1-5,7-10,14,22H,6,11-12H2,(H,23,24)/b15-14-. The van der Waals surface area contributed by atoms with Crippen LogP contribution in [0.2, 0.25) is 0 Å². The molecule has 2 N–H and O–H groups in total. The predicted molar refractivity (Wildman–Crippen MR) is 103 cm³/mol. The van der Waals surface area contributed by atoms with Crippen molar-refractivity contribution in [2.45, 2.75) is 16.2 Å². The van der Waals surface area contributed by atoms with Crippen LogP contribution in [-0.2, 0) is 4.79 Å². The SMILES string of the molecule is N#C/C(=C/NCCCCl)C(=O)Nc1ccccc1Sc1ccccc1. The van der Waals surface area contributed by atoms with Crippen LogP contribution < -0.4 is 10.6 Å².